The summed E-state index contributed by atoms with van der Waals surface area (Å²) in [6.07, 6.45) is 1.00. The molecular formula is C17H26BrN3O2. The Morgan fingerprint density at radius 3 is 2.52 bits per heavy atom. The van der Waals surface area contributed by atoms with Gasteiger partial charge in [-0.25, -0.2) is 0 Å². The smallest absolute Gasteiger partial charge is 0.260 e. The van der Waals surface area contributed by atoms with E-state index >= 15 is 0 Å². The van der Waals surface area contributed by atoms with Crippen molar-refractivity contribution < 1.29 is 9.53 Å². The molecule has 0 aromatic heterocycles. The Kier molecular flexibility index (Phi) is 7.33. The third kappa shape index (κ3) is 6.49. The quantitative estimate of drug-likeness (QED) is 0.720. The Labute approximate surface area is 147 Å². The Balaban J connectivity index is 1.61. The fraction of sp³-hybridized carbons (Fsp3) is 0.588. The van der Waals surface area contributed by atoms with Gasteiger partial charge in [-0.3, -0.25) is 4.79 Å². The van der Waals surface area contributed by atoms with Crippen molar-refractivity contribution in [2.24, 2.45) is 0 Å². The van der Waals surface area contributed by atoms with E-state index in [0.29, 0.717) is 5.75 Å². The summed E-state index contributed by atoms with van der Waals surface area (Å²) in [4.78, 5) is 18.7. The molecule has 0 unspecified atom stereocenters. The molecule has 1 aromatic rings. The van der Waals surface area contributed by atoms with Gasteiger partial charge in [-0.05, 0) is 44.3 Å². The van der Waals surface area contributed by atoms with Gasteiger partial charge in [-0.2, -0.15) is 0 Å². The molecule has 128 valence electrons. The molecule has 1 heterocycles. The fourth-order valence-corrected chi connectivity index (χ4v) is 2.78. The normalized spacial score (nSPS) is 16.3. The molecule has 1 amide bonds. The molecule has 0 saturated carbocycles. The van der Waals surface area contributed by atoms with Gasteiger partial charge in [0.2, 0.25) is 0 Å². The van der Waals surface area contributed by atoms with Gasteiger partial charge in [0.1, 0.15) is 5.75 Å². The number of amides is 1. The van der Waals surface area contributed by atoms with Crippen LogP contribution in [-0.2, 0) is 4.79 Å². The van der Waals surface area contributed by atoms with Crippen LogP contribution in [0.25, 0.3) is 0 Å². The van der Waals surface area contributed by atoms with Crippen LogP contribution in [0.1, 0.15) is 6.42 Å². The van der Waals surface area contributed by atoms with E-state index in [1.807, 2.05) is 31.3 Å². The van der Waals surface area contributed by atoms with Gasteiger partial charge in [0.25, 0.3) is 5.91 Å². The second-order valence-corrected chi connectivity index (χ2v) is 6.97. The van der Waals surface area contributed by atoms with Gasteiger partial charge >= 0.3 is 0 Å². The molecule has 6 heteroatoms. The summed E-state index contributed by atoms with van der Waals surface area (Å²) in [7, 11) is 4.01. The Bertz CT molecular complexity index is 487. The van der Waals surface area contributed by atoms with Gasteiger partial charge in [0.15, 0.2) is 6.61 Å². The lowest BCUT2D eigenvalue weighted by atomic mass is 10.3. The van der Waals surface area contributed by atoms with E-state index in [0.717, 1.165) is 50.2 Å². The van der Waals surface area contributed by atoms with Crippen LogP contribution in [0.4, 0.5) is 0 Å². The van der Waals surface area contributed by atoms with Crippen LogP contribution >= 0.6 is 15.9 Å². The molecule has 1 saturated heterocycles. The third-order valence-corrected chi connectivity index (χ3v) is 4.69. The van der Waals surface area contributed by atoms with Crippen molar-refractivity contribution in [2.75, 3.05) is 60.0 Å². The van der Waals surface area contributed by atoms with Crippen LogP contribution in [0.2, 0.25) is 0 Å². The summed E-state index contributed by atoms with van der Waals surface area (Å²) < 4.78 is 6.52. The number of likely N-dealkylation sites (N-methyl/N-ethyl adjacent to an activating group) is 2. The fourth-order valence-electron chi connectivity index (χ4n) is 2.51. The minimum absolute atomic E-state index is 0.0197. The zero-order chi connectivity index (χ0) is 16.7. The molecule has 0 atom stereocenters. The molecule has 23 heavy (non-hydrogen) atoms. The van der Waals surface area contributed by atoms with Crippen LogP contribution in [0.5, 0.6) is 5.75 Å². The molecule has 0 radical (unpaired) electrons. The second kappa shape index (κ2) is 9.25. The number of benzene rings is 1. The lowest BCUT2D eigenvalue weighted by molar-refractivity contribution is -0.132. The zero-order valence-electron chi connectivity index (χ0n) is 14.0. The predicted octanol–water partition coefficient (Wildman–Crippen LogP) is 1.92. The monoisotopic (exact) mass is 383 g/mol. The number of halogens is 1. The molecule has 1 aliphatic heterocycles. The van der Waals surface area contributed by atoms with Gasteiger partial charge in [-0.15, -0.1) is 0 Å². The van der Waals surface area contributed by atoms with Crippen molar-refractivity contribution in [3.8, 4) is 5.75 Å². The average molecular weight is 384 g/mol. The third-order valence-electron chi connectivity index (χ3n) is 4.17. The first-order chi connectivity index (χ1) is 11.0. The number of nitrogens with zero attached hydrogens (tertiary/aromatic N) is 3. The maximum atomic E-state index is 12.1. The predicted molar refractivity (Wildman–Crippen MR) is 95.8 cm³/mol. The first-order valence-corrected chi connectivity index (χ1v) is 8.87. The standard InChI is InChI=1S/C17H26BrN3O2/c1-19-10-12-21(13-11-19)9-3-8-20(2)17(22)14-23-16-6-4-15(18)5-7-16/h4-7H,3,8-14H2,1-2H3. The Hall–Kier alpha value is -1.11. The molecular weight excluding hydrogens is 358 g/mol. The molecule has 2 rings (SSSR count). The van der Waals surface area contributed by atoms with E-state index in [2.05, 4.69) is 32.8 Å². The van der Waals surface area contributed by atoms with Crippen molar-refractivity contribution >= 4 is 21.8 Å². The van der Waals surface area contributed by atoms with Gasteiger partial charge < -0.3 is 19.4 Å². The van der Waals surface area contributed by atoms with Crippen molar-refractivity contribution in [1.82, 2.24) is 14.7 Å². The molecule has 0 aliphatic carbocycles. The van der Waals surface area contributed by atoms with Crippen molar-refractivity contribution in [1.29, 1.82) is 0 Å². The number of rotatable bonds is 7. The van der Waals surface area contributed by atoms with Crippen molar-refractivity contribution in [3.63, 3.8) is 0 Å². The first kappa shape index (κ1) is 18.2. The van der Waals surface area contributed by atoms with Crippen LogP contribution in [0.3, 0.4) is 0 Å². The molecule has 0 N–H and O–H groups in total. The maximum absolute atomic E-state index is 12.1. The van der Waals surface area contributed by atoms with E-state index in [-0.39, 0.29) is 12.5 Å². The summed E-state index contributed by atoms with van der Waals surface area (Å²) in [6.45, 7) is 6.44. The molecule has 0 bridgehead atoms. The number of ether oxygens (including phenoxy) is 1. The minimum Gasteiger partial charge on any atom is -0.484 e. The van der Waals surface area contributed by atoms with E-state index in [1.165, 1.54) is 0 Å². The number of carbonyl (C=O) groups excluding carboxylic acids is 1. The van der Waals surface area contributed by atoms with E-state index in [1.54, 1.807) is 4.90 Å². The second-order valence-electron chi connectivity index (χ2n) is 6.06. The van der Waals surface area contributed by atoms with E-state index in [9.17, 15) is 4.79 Å². The Morgan fingerprint density at radius 2 is 1.87 bits per heavy atom. The zero-order valence-corrected chi connectivity index (χ0v) is 15.6. The molecule has 1 fully saturated rings. The van der Waals surface area contributed by atoms with E-state index in [4.69, 9.17) is 4.74 Å². The lowest BCUT2D eigenvalue weighted by Crippen LogP contribution is -2.45. The largest absolute Gasteiger partial charge is 0.484 e. The highest BCUT2D eigenvalue weighted by atomic mass is 79.9. The van der Waals surface area contributed by atoms with E-state index < -0.39 is 0 Å². The van der Waals surface area contributed by atoms with Crippen LogP contribution in [0, 0.1) is 0 Å². The summed E-state index contributed by atoms with van der Waals surface area (Å²) >= 11 is 3.38. The SMILES string of the molecule is CN1CCN(CCCN(C)C(=O)COc2ccc(Br)cc2)CC1. The van der Waals surface area contributed by atoms with Crippen LogP contribution in [-0.4, -0.2) is 80.6 Å². The topological polar surface area (TPSA) is 36.0 Å². The van der Waals surface area contributed by atoms with Gasteiger partial charge in [0, 0.05) is 44.2 Å². The van der Waals surface area contributed by atoms with Crippen molar-refractivity contribution in [2.45, 2.75) is 6.42 Å². The van der Waals surface area contributed by atoms with Crippen LogP contribution < -0.4 is 4.74 Å². The minimum atomic E-state index is 0.0197. The summed E-state index contributed by atoms with van der Waals surface area (Å²) in [5.41, 5.74) is 0. The summed E-state index contributed by atoms with van der Waals surface area (Å²) in [6, 6.07) is 7.51. The first-order valence-electron chi connectivity index (χ1n) is 8.08. The molecule has 1 aromatic carbocycles. The number of piperazine rings is 1. The highest BCUT2D eigenvalue weighted by molar-refractivity contribution is 9.10. The lowest BCUT2D eigenvalue weighted by Gasteiger charge is -2.32. The average Bonchev–Trinajstić information content (AvgIpc) is 2.55. The van der Waals surface area contributed by atoms with Gasteiger partial charge in [-0.1, -0.05) is 15.9 Å². The summed E-state index contributed by atoms with van der Waals surface area (Å²) in [5, 5.41) is 0. The highest BCUT2D eigenvalue weighted by Gasteiger charge is 2.14. The highest BCUT2D eigenvalue weighted by Crippen LogP contribution is 2.16. The molecule has 5 nitrogen and oxygen atoms in total. The molecule has 1 aliphatic rings. The van der Waals surface area contributed by atoms with Gasteiger partial charge in [0.05, 0.1) is 0 Å². The number of carbonyl (C=O) groups is 1. The van der Waals surface area contributed by atoms with Crippen LogP contribution in [0.15, 0.2) is 28.7 Å². The molecule has 0 spiro atoms. The Morgan fingerprint density at radius 1 is 1.22 bits per heavy atom. The number of hydrogen-bond donors (Lipinski definition) is 0. The maximum Gasteiger partial charge on any atom is 0.260 e. The van der Waals surface area contributed by atoms with Crippen molar-refractivity contribution in [3.05, 3.63) is 28.7 Å². The summed E-state index contributed by atoms with van der Waals surface area (Å²) in [5.74, 6) is 0.735. The number of hydrogen-bond acceptors (Lipinski definition) is 4.